The number of benzene rings is 1. The molecule has 0 atom stereocenters. The number of pyridine rings is 1. The van der Waals surface area contributed by atoms with Gasteiger partial charge in [0, 0.05) is 35.2 Å². The van der Waals surface area contributed by atoms with E-state index in [4.69, 9.17) is 4.98 Å². The second-order valence-electron chi connectivity index (χ2n) is 5.53. The molecule has 114 valence electrons. The van der Waals surface area contributed by atoms with Crippen molar-refractivity contribution in [3.8, 4) is 11.4 Å². The summed E-state index contributed by atoms with van der Waals surface area (Å²) in [5, 5.41) is 0. The van der Waals surface area contributed by atoms with Gasteiger partial charge < -0.3 is 9.88 Å². The maximum Gasteiger partial charge on any atom is 0.138 e. The van der Waals surface area contributed by atoms with E-state index in [0.29, 0.717) is 0 Å². The van der Waals surface area contributed by atoms with E-state index in [1.165, 1.54) is 5.56 Å². The van der Waals surface area contributed by atoms with Crippen LogP contribution < -0.4 is 0 Å². The number of aromatic amines is 1. The van der Waals surface area contributed by atoms with Crippen molar-refractivity contribution in [1.82, 2.24) is 19.9 Å². The fourth-order valence-corrected chi connectivity index (χ4v) is 2.95. The third-order valence-electron chi connectivity index (χ3n) is 3.87. The Kier molecular flexibility index (Phi) is 3.71. The Morgan fingerprint density at radius 2 is 1.87 bits per heavy atom. The van der Waals surface area contributed by atoms with E-state index in [1.54, 1.807) is 12.4 Å². The second kappa shape index (κ2) is 6.01. The predicted octanol–water partition coefficient (Wildman–Crippen LogP) is 4.22. The van der Waals surface area contributed by atoms with E-state index < -0.39 is 0 Å². The molecule has 3 aromatic rings. The largest absolute Gasteiger partial charge is 0.367 e. The highest BCUT2D eigenvalue weighted by molar-refractivity contribution is 9.10. The lowest BCUT2D eigenvalue weighted by Gasteiger charge is -2.22. The Morgan fingerprint density at radius 1 is 1.09 bits per heavy atom. The molecule has 1 aliphatic heterocycles. The number of aromatic nitrogens is 3. The molecule has 0 spiro atoms. The van der Waals surface area contributed by atoms with Gasteiger partial charge in [-0.2, -0.15) is 0 Å². The summed E-state index contributed by atoms with van der Waals surface area (Å²) >= 11 is 3.47. The van der Waals surface area contributed by atoms with Crippen molar-refractivity contribution >= 4 is 22.0 Å². The molecule has 1 aliphatic rings. The number of hydrogen-bond acceptors (Lipinski definition) is 3. The van der Waals surface area contributed by atoms with E-state index in [-0.39, 0.29) is 0 Å². The number of H-pyrrole nitrogens is 1. The summed E-state index contributed by atoms with van der Waals surface area (Å²) in [4.78, 5) is 14.4. The fourth-order valence-electron chi connectivity index (χ4n) is 2.69. The quantitative estimate of drug-likeness (QED) is 0.754. The maximum atomic E-state index is 4.74. The molecular formula is C18H15BrN4. The normalized spacial score (nSPS) is 13.2. The number of hydrogen-bond donors (Lipinski definition) is 1. The van der Waals surface area contributed by atoms with Crippen LogP contribution in [-0.2, 0) is 13.1 Å². The molecule has 0 fully saturated rings. The number of nitrogens with one attached hydrogen (secondary N) is 1. The van der Waals surface area contributed by atoms with Gasteiger partial charge in [-0.05, 0) is 35.9 Å². The van der Waals surface area contributed by atoms with Gasteiger partial charge in [-0.1, -0.05) is 28.1 Å². The summed E-state index contributed by atoms with van der Waals surface area (Å²) in [5.74, 6) is 0.896. The summed E-state index contributed by atoms with van der Waals surface area (Å²) in [7, 11) is 0. The topological polar surface area (TPSA) is 44.8 Å². The Hall–Kier alpha value is -2.40. The highest BCUT2D eigenvalue weighted by Gasteiger charge is 2.16. The number of nitrogens with zero attached hydrogens (tertiary/aromatic N) is 3. The van der Waals surface area contributed by atoms with E-state index >= 15 is 0 Å². The van der Waals surface area contributed by atoms with Crippen molar-refractivity contribution in [2.75, 3.05) is 0 Å². The fraction of sp³-hybridized carbons (Fsp3) is 0.111. The predicted molar refractivity (Wildman–Crippen MR) is 94.2 cm³/mol. The molecule has 1 aromatic carbocycles. The average molecular weight is 367 g/mol. The van der Waals surface area contributed by atoms with Crippen molar-refractivity contribution < 1.29 is 0 Å². The van der Waals surface area contributed by atoms with Gasteiger partial charge in [-0.3, -0.25) is 4.98 Å². The summed E-state index contributed by atoms with van der Waals surface area (Å²) in [6.07, 6.45) is 7.79. The first-order valence-electron chi connectivity index (χ1n) is 7.44. The van der Waals surface area contributed by atoms with Crippen LogP contribution in [0.15, 0.2) is 59.5 Å². The lowest BCUT2D eigenvalue weighted by molar-refractivity contribution is 0.355. The lowest BCUT2D eigenvalue weighted by atomic mass is 10.2. The van der Waals surface area contributed by atoms with Gasteiger partial charge in [0.25, 0.3) is 0 Å². The minimum atomic E-state index is 0.809. The molecule has 0 radical (unpaired) electrons. The Labute approximate surface area is 143 Å². The van der Waals surface area contributed by atoms with Crippen LogP contribution in [0.4, 0.5) is 0 Å². The van der Waals surface area contributed by atoms with Gasteiger partial charge >= 0.3 is 0 Å². The van der Waals surface area contributed by atoms with Crippen LogP contribution in [0.25, 0.3) is 17.5 Å². The van der Waals surface area contributed by atoms with Crippen molar-refractivity contribution in [2.24, 2.45) is 0 Å². The Bertz CT molecular complexity index is 837. The number of imidazole rings is 1. The number of rotatable bonds is 3. The average Bonchev–Trinajstić information content (AvgIpc) is 3.01. The van der Waals surface area contributed by atoms with Crippen LogP contribution in [0.1, 0.15) is 17.0 Å². The molecule has 0 amide bonds. The van der Waals surface area contributed by atoms with E-state index in [9.17, 15) is 0 Å². The zero-order valence-electron chi connectivity index (χ0n) is 12.4. The molecule has 4 rings (SSSR count). The molecule has 0 saturated carbocycles. The Morgan fingerprint density at radius 3 is 2.65 bits per heavy atom. The lowest BCUT2D eigenvalue weighted by Crippen LogP contribution is -2.19. The number of halogens is 1. The van der Waals surface area contributed by atoms with E-state index in [1.807, 2.05) is 12.1 Å². The second-order valence-corrected chi connectivity index (χ2v) is 6.44. The summed E-state index contributed by atoms with van der Waals surface area (Å²) in [6, 6.07) is 12.4. The van der Waals surface area contributed by atoms with Crippen LogP contribution in [0.5, 0.6) is 0 Å². The van der Waals surface area contributed by atoms with E-state index in [0.717, 1.165) is 40.3 Å². The summed E-state index contributed by atoms with van der Waals surface area (Å²) in [5.41, 5.74) is 4.51. The maximum absolute atomic E-state index is 4.74. The first-order valence-corrected chi connectivity index (χ1v) is 8.23. The van der Waals surface area contributed by atoms with Crippen LogP contribution >= 0.6 is 15.9 Å². The van der Waals surface area contributed by atoms with Gasteiger partial charge in [-0.25, -0.2) is 4.98 Å². The molecule has 5 heteroatoms. The van der Waals surface area contributed by atoms with Gasteiger partial charge in [0.2, 0.25) is 0 Å². The minimum absolute atomic E-state index is 0.809. The standard InChI is InChI=1S/C18H15BrN4/c19-15-3-1-13(2-4-15)11-23-10-7-16-17(12-23)22-18(21-16)14-5-8-20-9-6-14/h1-10H,11-12H2,(H,21,22). The molecular weight excluding hydrogens is 352 g/mol. The zero-order valence-corrected chi connectivity index (χ0v) is 14.0. The highest BCUT2D eigenvalue weighted by atomic mass is 79.9. The molecule has 0 aliphatic carbocycles. The van der Waals surface area contributed by atoms with Gasteiger partial charge in [0.05, 0.1) is 17.9 Å². The zero-order chi connectivity index (χ0) is 15.6. The van der Waals surface area contributed by atoms with Gasteiger partial charge in [-0.15, -0.1) is 0 Å². The monoisotopic (exact) mass is 366 g/mol. The molecule has 2 aromatic heterocycles. The van der Waals surface area contributed by atoms with Crippen LogP contribution in [0.3, 0.4) is 0 Å². The molecule has 23 heavy (non-hydrogen) atoms. The molecule has 1 N–H and O–H groups in total. The SMILES string of the molecule is Brc1ccc(CN2C=Cc3[nH]c(-c4ccncc4)nc3C2)cc1. The van der Waals surface area contributed by atoms with E-state index in [2.05, 4.69) is 67.3 Å². The van der Waals surface area contributed by atoms with Crippen LogP contribution in [0, 0.1) is 0 Å². The highest BCUT2D eigenvalue weighted by Crippen LogP contribution is 2.24. The smallest absolute Gasteiger partial charge is 0.138 e. The van der Waals surface area contributed by atoms with Crippen molar-refractivity contribution in [3.63, 3.8) is 0 Å². The van der Waals surface area contributed by atoms with Crippen LogP contribution in [0.2, 0.25) is 0 Å². The van der Waals surface area contributed by atoms with Crippen molar-refractivity contribution in [2.45, 2.75) is 13.1 Å². The van der Waals surface area contributed by atoms with Crippen molar-refractivity contribution in [3.05, 3.63) is 76.4 Å². The van der Waals surface area contributed by atoms with Crippen molar-refractivity contribution in [1.29, 1.82) is 0 Å². The number of fused-ring (bicyclic) bond motifs is 1. The first kappa shape index (κ1) is 14.2. The molecule has 3 heterocycles. The first-order chi connectivity index (χ1) is 11.3. The molecule has 0 bridgehead atoms. The van der Waals surface area contributed by atoms with Gasteiger partial charge in [0.15, 0.2) is 0 Å². The molecule has 4 nitrogen and oxygen atoms in total. The Balaban J connectivity index is 1.53. The third-order valence-corrected chi connectivity index (χ3v) is 4.40. The summed E-state index contributed by atoms with van der Waals surface area (Å²) < 4.78 is 1.10. The van der Waals surface area contributed by atoms with Crippen LogP contribution in [-0.4, -0.2) is 19.9 Å². The molecule has 0 saturated heterocycles. The van der Waals surface area contributed by atoms with Gasteiger partial charge in [0.1, 0.15) is 5.82 Å². The minimum Gasteiger partial charge on any atom is -0.367 e. The third kappa shape index (κ3) is 3.05. The molecule has 0 unspecified atom stereocenters. The summed E-state index contributed by atoms with van der Waals surface area (Å²) in [6.45, 7) is 1.68.